The number of fused-ring (bicyclic) bond motifs is 1. The number of rotatable bonds is 7. The Hall–Kier alpha value is -2.34. The number of hydrogen-bond acceptors (Lipinski definition) is 4. The molecule has 2 amide bonds. The molecule has 3 rings (SSSR count). The number of likely N-dealkylation sites (N-methyl/N-ethyl adjacent to an activating group) is 1. The number of quaternary nitrogens is 1. The van der Waals surface area contributed by atoms with Crippen LogP contribution in [0.25, 0.3) is 0 Å². The lowest BCUT2D eigenvalue weighted by Gasteiger charge is -2.20. The fourth-order valence-electron chi connectivity index (χ4n) is 3.77. The Morgan fingerprint density at radius 3 is 2.23 bits per heavy atom. The molecule has 2 aliphatic rings. The lowest BCUT2D eigenvalue weighted by atomic mass is 9.85. The van der Waals surface area contributed by atoms with Gasteiger partial charge in [-0.15, -0.1) is 0 Å². The lowest BCUT2D eigenvalue weighted by molar-refractivity contribution is -0.887. The molecule has 3 atom stereocenters. The van der Waals surface area contributed by atoms with E-state index < -0.39 is 0 Å². The Bertz CT molecular complexity index is 690. The molecule has 6 heteroatoms. The van der Waals surface area contributed by atoms with Gasteiger partial charge in [-0.2, -0.15) is 0 Å². The highest BCUT2D eigenvalue weighted by molar-refractivity contribution is 6.05. The molecule has 26 heavy (non-hydrogen) atoms. The smallest absolute Gasteiger partial charge is 0.237 e. The van der Waals surface area contributed by atoms with Gasteiger partial charge >= 0.3 is 0 Å². The highest BCUT2D eigenvalue weighted by Gasteiger charge is 2.48. The molecule has 0 radical (unpaired) electrons. The number of amides is 2. The van der Waals surface area contributed by atoms with Crippen molar-refractivity contribution in [3.05, 3.63) is 35.9 Å². The van der Waals surface area contributed by atoms with Crippen LogP contribution in [0, 0.1) is 11.8 Å². The van der Waals surface area contributed by atoms with Crippen molar-refractivity contribution in [1.82, 2.24) is 4.90 Å². The standard InChI is InChI=1S/C20H26N2O4/c1-21(11-10-14-8-9-17(25-2)18(12-14)26-3)13-22-19(23)15-6-4-5-7-16(15)20(22)24/h4-5,8-9,12,15-16H,6-7,10-11,13H2,1-3H3/p+1/t15-,16-/m0/s1. The number of benzene rings is 1. The molecule has 1 N–H and O–H groups in total. The van der Waals surface area contributed by atoms with Crippen LogP contribution in [0.2, 0.25) is 0 Å². The van der Waals surface area contributed by atoms with Crippen LogP contribution in [0.3, 0.4) is 0 Å². The van der Waals surface area contributed by atoms with E-state index in [0.29, 0.717) is 31.0 Å². The molecule has 1 fully saturated rings. The molecule has 140 valence electrons. The predicted molar refractivity (Wildman–Crippen MR) is 97.1 cm³/mol. The average molecular weight is 359 g/mol. The van der Waals surface area contributed by atoms with Crippen molar-refractivity contribution < 1.29 is 24.0 Å². The molecular weight excluding hydrogens is 332 g/mol. The molecule has 1 heterocycles. The van der Waals surface area contributed by atoms with Crippen molar-refractivity contribution in [1.29, 1.82) is 0 Å². The molecule has 0 spiro atoms. The molecule has 1 aromatic rings. The van der Waals surface area contributed by atoms with Crippen LogP contribution in [0.5, 0.6) is 11.5 Å². The summed E-state index contributed by atoms with van der Waals surface area (Å²) in [6.07, 6.45) is 6.25. The van der Waals surface area contributed by atoms with Crippen molar-refractivity contribution in [2.45, 2.75) is 19.3 Å². The van der Waals surface area contributed by atoms with Gasteiger partial charge in [0.25, 0.3) is 0 Å². The number of likely N-dealkylation sites (tertiary alicyclic amines) is 1. The van der Waals surface area contributed by atoms with Crippen molar-refractivity contribution in [2.75, 3.05) is 34.5 Å². The van der Waals surface area contributed by atoms with Crippen LogP contribution in [0.15, 0.2) is 30.4 Å². The number of imide groups is 1. The molecule has 1 aromatic carbocycles. The Morgan fingerprint density at radius 2 is 1.65 bits per heavy atom. The van der Waals surface area contributed by atoms with E-state index in [0.717, 1.165) is 23.4 Å². The monoisotopic (exact) mass is 359 g/mol. The summed E-state index contributed by atoms with van der Waals surface area (Å²) in [4.78, 5) is 27.7. The summed E-state index contributed by atoms with van der Waals surface area (Å²) in [5, 5.41) is 0. The second-order valence-corrected chi connectivity index (χ2v) is 7.06. The molecule has 1 aliphatic heterocycles. The fourth-order valence-corrected chi connectivity index (χ4v) is 3.77. The van der Waals surface area contributed by atoms with Crippen LogP contribution >= 0.6 is 0 Å². The largest absolute Gasteiger partial charge is 0.493 e. The van der Waals surface area contributed by atoms with Gasteiger partial charge in [-0.25, -0.2) is 4.90 Å². The third-order valence-corrected chi connectivity index (χ3v) is 5.32. The van der Waals surface area contributed by atoms with Crippen LogP contribution in [0.1, 0.15) is 18.4 Å². The molecule has 0 bridgehead atoms. The van der Waals surface area contributed by atoms with Gasteiger partial charge in [0.15, 0.2) is 18.2 Å². The topological polar surface area (TPSA) is 60.3 Å². The van der Waals surface area contributed by atoms with Crippen LogP contribution in [-0.2, 0) is 16.0 Å². The van der Waals surface area contributed by atoms with Gasteiger partial charge in [-0.05, 0) is 30.5 Å². The molecule has 1 unspecified atom stereocenters. The maximum atomic E-state index is 12.5. The van der Waals surface area contributed by atoms with Crippen LogP contribution < -0.4 is 14.4 Å². The number of nitrogens with one attached hydrogen (secondary N) is 1. The first-order chi connectivity index (χ1) is 12.5. The minimum absolute atomic E-state index is 0.00480. The van der Waals surface area contributed by atoms with Crippen molar-refractivity contribution in [3.63, 3.8) is 0 Å². The Kier molecular flexibility index (Phi) is 5.61. The first-order valence-corrected chi connectivity index (χ1v) is 9.07. The number of nitrogens with zero attached hydrogens (tertiary/aromatic N) is 1. The summed E-state index contributed by atoms with van der Waals surface area (Å²) >= 11 is 0. The maximum Gasteiger partial charge on any atom is 0.237 e. The van der Waals surface area contributed by atoms with Crippen molar-refractivity contribution in [3.8, 4) is 11.5 Å². The summed E-state index contributed by atoms with van der Waals surface area (Å²) in [6, 6.07) is 5.88. The predicted octanol–water partition coefficient (Wildman–Crippen LogP) is 0.670. The third kappa shape index (κ3) is 3.60. The fraction of sp³-hybridized carbons (Fsp3) is 0.500. The van der Waals surface area contributed by atoms with E-state index in [4.69, 9.17) is 9.47 Å². The maximum absolute atomic E-state index is 12.5. The summed E-state index contributed by atoms with van der Waals surface area (Å²) in [7, 11) is 5.26. The lowest BCUT2D eigenvalue weighted by Crippen LogP contribution is -3.11. The number of methoxy groups -OCH3 is 2. The second kappa shape index (κ2) is 7.91. The van der Waals surface area contributed by atoms with Gasteiger partial charge in [0.2, 0.25) is 11.8 Å². The first kappa shape index (κ1) is 18.5. The van der Waals surface area contributed by atoms with E-state index >= 15 is 0 Å². The molecule has 6 nitrogen and oxygen atoms in total. The number of carbonyl (C=O) groups is 2. The molecule has 1 aliphatic carbocycles. The highest BCUT2D eigenvalue weighted by atomic mass is 16.5. The first-order valence-electron chi connectivity index (χ1n) is 9.07. The molecule has 1 saturated heterocycles. The van der Waals surface area contributed by atoms with E-state index in [1.54, 1.807) is 14.2 Å². The molecule has 0 aromatic heterocycles. The van der Waals surface area contributed by atoms with E-state index in [-0.39, 0.29) is 23.7 Å². The molecular formula is C20H27N2O4+. The van der Waals surface area contributed by atoms with Gasteiger partial charge in [0.1, 0.15) is 0 Å². The molecule has 0 saturated carbocycles. The summed E-state index contributed by atoms with van der Waals surface area (Å²) < 4.78 is 10.6. The van der Waals surface area contributed by atoms with Gasteiger partial charge in [-0.3, -0.25) is 9.59 Å². The Labute approximate surface area is 154 Å². The van der Waals surface area contributed by atoms with Gasteiger partial charge in [0.05, 0.1) is 39.6 Å². The summed E-state index contributed by atoms with van der Waals surface area (Å²) in [5.41, 5.74) is 1.14. The SMILES string of the molecule is COc1ccc(CC[NH+](C)CN2C(=O)[C@H]3CC=CC[C@@H]3C2=O)cc1OC. The zero-order valence-electron chi connectivity index (χ0n) is 15.7. The normalized spacial score (nSPS) is 23.1. The van der Waals surface area contributed by atoms with Crippen molar-refractivity contribution >= 4 is 11.8 Å². The number of ether oxygens (including phenoxy) is 2. The van der Waals surface area contributed by atoms with Gasteiger partial charge in [-0.1, -0.05) is 18.2 Å². The van der Waals surface area contributed by atoms with E-state index in [2.05, 4.69) is 0 Å². The quantitative estimate of drug-likeness (QED) is 0.574. The number of hydrogen-bond donors (Lipinski definition) is 1. The highest BCUT2D eigenvalue weighted by Crippen LogP contribution is 2.34. The zero-order chi connectivity index (χ0) is 18.7. The van der Waals surface area contributed by atoms with Crippen LogP contribution in [-0.4, -0.2) is 51.2 Å². The summed E-state index contributed by atoms with van der Waals surface area (Å²) in [5.74, 6) is 1.12. The van der Waals surface area contributed by atoms with E-state index in [9.17, 15) is 9.59 Å². The van der Waals surface area contributed by atoms with Crippen molar-refractivity contribution in [2.24, 2.45) is 11.8 Å². The minimum Gasteiger partial charge on any atom is -0.493 e. The zero-order valence-corrected chi connectivity index (χ0v) is 15.7. The van der Waals surface area contributed by atoms with Crippen LogP contribution in [0.4, 0.5) is 0 Å². The van der Waals surface area contributed by atoms with E-state index in [1.165, 1.54) is 4.90 Å². The second-order valence-electron chi connectivity index (χ2n) is 7.06. The Morgan fingerprint density at radius 1 is 1.04 bits per heavy atom. The summed E-state index contributed by atoms with van der Waals surface area (Å²) in [6.45, 7) is 1.25. The van der Waals surface area contributed by atoms with E-state index in [1.807, 2.05) is 37.4 Å². The Balaban J connectivity index is 1.57. The van der Waals surface area contributed by atoms with Gasteiger partial charge in [0, 0.05) is 6.42 Å². The minimum atomic E-state index is -0.147. The number of carbonyl (C=O) groups excluding carboxylic acids is 2. The third-order valence-electron chi connectivity index (χ3n) is 5.32. The van der Waals surface area contributed by atoms with Gasteiger partial charge < -0.3 is 14.4 Å². The number of allylic oxidation sites excluding steroid dienone is 2. The average Bonchev–Trinajstić information content (AvgIpc) is 2.91.